The van der Waals surface area contributed by atoms with E-state index in [1.54, 1.807) is 6.92 Å². The van der Waals surface area contributed by atoms with Gasteiger partial charge in [-0.25, -0.2) is 13.8 Å². The van der Waals surface area contributed by atoms with Crippen molar-refractivity contribution in [3.63, 3.8) is 0 Å². The Bertz CT molecular complexity index is 1060. The number of amides is 2. The number of carbonyl (C=O) groups excluding carboxylic acids is 2. The summed E-state index contributed by atoms with van der Waals surface area (Å²) in [5, 5.41) is 11.2. The third-order valence-electron chi connectivity index (χ3n) is 4.99. The maximum atomic E-state index is 13.1. The molecule has 0 aromatic carbocycles. The summed E-state index contributed by atoms with van der Waals surface area (Å²) in [7, 11) is 0. The van der Waals surface area contributed by atoms with Gasteiger partial charge in [-0.1, -0.05) is 11.6 Å². The molecule has 33 heavy (non-hydrogen) atoms. The summed E-state index contributed by atoms with van der Waals surface area (Å²) < 4.78 is 55.4. The van der Waals surface area contributed by atoms with Crippen LogP contribution in [0.4, 0.5) is 17.6 Å². The van der Waals surface area contributed by atoms with E-state index in [1.165, 1.54) is 29.4 Å². The van der Waals surface area contributed by atoms with Crippen LogP contribution in [0.5, 0.6) is 5.88 Å². The molecule has 0 bridgehead atoms. The molecule has 1 unspecified atom stereocenters. The number of hydrogen-bond acceptors (Lipinski definition) is 6. The number of hydrogen-bond donors (Lipinski definition) is 2. The number of fused-ring (bicyclic) bond motifs is 1. The Morgan fingerprint density at radius 2 is 2.12 bits per heavy atom. The number of aromatic nitrogens is 2. The third-order valence-corrected chi connectivity index (χ3v) is 5.26. The number of pyridine rings is 2. The Hall–Kier alpha value is -2.99. The molecule has 8 nitrogen and oxygen atoms in total. The summed E-state index contributed by atoms with van der Waals surface area (Å²) in [6.45, 7) is -0.0976. The van der Waals surface area contributed by atoms with Crippen molar-refractivity contribution >= 4 is 23.4 Å². The largest absolute Gasteiger partial charge is 0.470 e. The quantitative estimate of drug-likeness (QED) is 0.524. The number of halogens is 5. The maximum Gasteiger partial charge on any atom is 0.340 e. The fraction of sp³-hybridized carbons (Fsp3) is 0.400. The molecule has 178 valence electrons. The molecule has 0 saturated heterocycles. The van der Waals surface area contributed by atoms with Crippen molar-refractivity contribution in [2.24, 2.45) is 0 Å². The molecule has 0 fully saturated rings. The first kappa shape index (κ1) is 24.6. The lowest BCUT2D eigenvalue weighted by Crippen LogP contribution is -2.34. The van der Waals surface area contributed by atoms with Crippen molar-refractivity contribution in [2.45, 2.75) is 31.9 Å². The summed E-state index contributed by atoms with van der Waals surface area (Å²) in [6, 6.07) is 2.22. The summed E-state index contributed by atoms with van der Waals surface area (Å²) in [4.78, 5) is 34.5. The van der Waals surface area contributed by atoms with E-state index in [-0.39, 0.29) is 36.3 Å². The highest BCUT2D eigenvalue weighted by atomic mass is 35.5. The number of nitrogens with zero attached hydrogens (tertiary/aromatic N) is 3. The van der Waals surface area contributed by atoms with Crippen LogP contribution in [0, 0.1) is 0 Å². The molecule has 0 radical (unpaired) electrons. The molecule has 0 spiro atoms. The molecule has 1 aliphatic rings. The number of ether oxygens (including phenoxy) is 1. The summed E-state index contributed by atoms with van der Waals surface area (Å²) in [5.74, 6) is -5.71. The summed E-state index contributed by atoms with van der Waals surface area (Å²) in [6.07, 6.45) is -1.34. The molecule has 2 amide bonds. The van der Waals surface area contributed by atoms with Crippen LogP contribution in [0.15, 0.2) is 24.5 Å². The van der Waals surface area contributed by atoms with E-state index in [0.29, 0.717) is 16.7 Å². The zero-order valence-corrected chi connectivity index (χ0v) is 18.0. The lowest BCUT2D eigenvalue weighted by Gasteiger charge is -2.25. The molecule has 3 rings (SSSR count). The summed E-state index contributed by atoms with van der Waals surface area (Å²) >= 11 is 6.02. The molecule has 3 heterocycles. The third kappa shape index (κ3) is 5.17. The predicted molar refractivity (Wildman–Crippen MR) is 108 cm³/mol. The molecule has 2 aromatic heterocycles. The lowest BCUT2D eigenvalue weighted by atomic mass is 10.1. The number of aliphatic hydroxyl groups is 1. The molecular formula is C20H19ClF4N4O4. The first-order chi connectivity index (χ1) is 15.6. The van der Waals surface area contributed by atoms with Crippen LogP contribution in [-0.2, 0) is 6.54 Å². The molecule has 1 atom stereocenters. The van der Waals surface area contributed by atoms with Gasteiger partial charge >= 0.3 is 12.3 Å². The minimum absolute atomic E-state index is 0.0279. The molecule has 0 aliphatic carbocycles. The number of carbonyl (C=O) groups is 2. The van der Waals surface area contributed by atoms with Gasteiger partial charge in [0.2, 0.25) is 5.88 Å². The predicted octanol–water partition coefficient (Wildman–Crippen LogP) is 2.85. The minimum Gasteiger partial charge on any atom is -0.470 e. The monoisotopic (exact) mass is 490 g/mol. The van der Waals surface area contributed by atoms with Crippen LogP contribution in [0.3, 0.4) is 0 Å². The Labute approximate surface area is 190 Å². The van der Waals surface area contributed by atoms with E-state index in [9.17, 15) is 27.2 Å². The Kier molecular flexibility index (Phi) is 7.38. The van der Waals surface area contributed by atoms with Gasteiger partial charge in [0, 0.05) is 36.6 Å². The summed E-state index contributed by atoms with van der Waals surface area (Å²) in [5.41, 5.74) is 1.19. The van der Waals surface area contributed by atoms with Crippen molar-refractivity contribution in [2.75, 3.05) is 19.8 Å². The van der Waals surface area contributed by atoms with Crippen LogP contribution < -0.4 is 10.1 Å². The SMILES string of the molecule is CC(c1cnc(OCC(F)(F)C(F)F)c(Cl)c1)N1Cc2c(ccnc2C(=O)NCCO)C1=O. The van der Waals surface area contributed by atoms with Gasteiger partial charge in [0.15, 0.2) is 6.61 Å². The zero-order chi connectivity index (χ0) is 24.3. The fourth-order valence-corrected chi connectivity index (χ4v) is 3.42. The number of alkyl halides is 4. The number of rotatable bonds is 9. The standard InChI is InChI=1S/C20H19ClF4N4O4/c1-10(11-6-14(21)17(28-7-11)33-9-20(24,25)19(22)23)29-8-13-12(18(29)32)2-3-26-15(13)16(31)27-4-5-30/h2-3,6-7,10,19,30H,4-5,8-9H2,1H3,(H,27,31). The lowest BCUT2D eigenvalue weighted by molar-refractivity contribution is -0.148. The van der Waals surface area contributed by atoms with Gasteiger partial charge in [0.1, 0.15) is 10.7 Å². The van der Waals surface area contributed by atoms with Crippen LogP contribution >= 0.6 is 11.6 Å². The van der Waals surface area contributed by atoms with Crippen molar-refractivity contribution < 1.29 is 37.0 Å². The Morgan fingerprint density at radius 3 is 2.76 bits per heavy atom. The normalized spacial score (nSPS) is 14.4. The molecule has 0 saturated carbocycles. The smallest absolute Gasteiger partial charge is 0.340 e. The van der Waals surface area contributed by atoms with Gasteiger partial charge in [-0.2, -0.15) is 8.78 Å². The van der Waals surface area contributed by atoms with Crippen LogP contribution in [-0.4, -0.2) is 63.9 Å². The van der Waals surface area contributed by atoms with Crippen LogP contribution in [0.2, 0.25) is 5.02 Å². The first-order valence-electron chi connectivity index (χ1n) is 9.69. The van der Waals surface area contributed by atoms with Crippen molar-refractivity contribution in [1.29, 1.82) is 0 Å². The van der Waals surface area contributed by atoms with Crippen molar-refractivity contribution in [1.82, 2.24) is 20.2 Å². The second-order valence-electron chi connectivity index (χ2n) is 7.18. The van der Waals surface area contributed by atoms with E-state index in [1.807, 2.05) is 0 Å². The average molecular weight is 491 g/mol. The van der Waals surface area contributed by atoms with Gasteiger partial charge in [-0.15, -0.1) is 0 Å². The zero-order valence-electron chi connectivity index (χ0n) is 17.2. The van der Waals surface area contributed by atoms with Gasteiger partial charge < -0.3 is 20.1 Å². The highest BCUT2D eigenvalue weighted by Crippen LogP contribution is 2.34. The maximum absolute atomic E-state index is 13.1. The second-order valence-corrected chi connectivity index (χ2v) is 7.59. The highest BCUT2D eigenvalue weighted by Gasteiger charge is 2.42. The van der Waals surface area contributed by atoms with Gasteiger partial charge in [0.05, 0.1) is 12.6 Å². The van der Waals surface area contributed by atoms with E-state index in [0.717, 1.165) is 0 Å². The van der Waals surface area contributed by atoms with E-state index in [2.05, 4.69) is 20.0 Å². The highest BCUT2D eigenvalue weighted by molar-refractivity contribution is 6.31. The Morgan fingerprint density at radius 1 is 1.39 bits per heavy atom. The first-order valence-corrected chi connectivity index (χ1v) is 10.1. The Balaban J connectivity index is 1.77. The molecule has 2 N–H and O–H groups in total. The minimum atomic E-state index is -4.36. The number of nitrogens with one attached hydrogen (secondary N) is 1. The molecule has 2 aromatic rings. The van der Waals surface area contributed by atoms with Crippen LogP contribution in [0.25, 0.3) is 0 Å². The van der Waals surface area contributed by atoms with Gasteiger partial charge in [-0.05, 0) is 24.6 Å². The topological polar surface area (TPSA) is 105 Å². The van der Waals surface area contributed by atoms with Gasteiger partial charge in [0.25, 0.3) is 11.8 Å². The number of aliphatic hydroxyl groups excluding tert-OH is 1. The van der Waals surface area contributed by atoms with Crippen LogP contribution in [0.1, 0.15) is 44.9 Å². The van der Waals surface area contributed by atoms with E-state index >= 15 is 0 Å². The molecule has 1 aliphatic heterocycles. The fourth-order valence-electron chi connectivity index (χ4n) is 3.19. The van der Waals surface area contributed by atoms with Crippen molar-refractivity contribution in [3.8, 4) is 5.88 Å². The molecule has 13 heteroatoms. The average Bonchev–Trinajstić information content (AvgIpc) is 3.12. The van der Waals surface area contributed by atoms with E-state index in [4.69, 9.17) is 16.7 Å². The van der Waals surface area contributed by atoms with Crippen molar-refractivity contribution in [3.05, 3.63) is 51.9 Å². The van der Waals surface area contributed by atoms with Gasteiger partial charge in [-0.3, -0.25) is 14.6 Å². The van der Waals surface area contributed by atoms with E-state index < -0.39 is 36.8 Å². The molecular weight excluding hydrogens is 472 g/mol. The second kappa shape index (κ2) is 9.87.